The third kappa shape index (κ3) is 9.09. The van der Waals surface area contributed by atoms with Crippen molar-refractivity contribution in [2.24, 2.45) is 5.73 Å². The minimum absolute atomic E-state index is 0.206. The van der Waals surface area contributed by atoms with Crippen LogP contribution in [0.5, 0.6) is 0 Å². The van der Waals surface area contributed by atoms with Gasteiger partial charge in [0.25, 0.3) is 0 Å². The number of pyridine rings is 1. The van der Waals surface area contributed by atoms with Crippen LogP contribution in [0.25, 0.3) is 0 Å². The van der Waals surface area contributed by atoms with Crippen molar-refractivity contribution >= 4 is 5.91 Å². The lowest BCUT2D eigenvalue weighted by Gasteiger charge is -2.21. The lowest BCUT2D eigenvalue weighted by Crippen LogP contribution is -2.33. The van der Waals surface area contributed by atoms with Gasteiger partial charge in [-0.15, -0.1) is 0 Å². The Morgan fingerprint density at radius 1 is 1.32 bits per heavy atom. The molecule has 5 nitrogen and oxygen atoms in total. The average molecular weight is 304 g/mol. The SMILES string of the molecule is CCCCN(CCC)C(=O)CCN.Cc1ccc(C#N)cn1. The smallest absolute Gasteiger partial charge is 0.223 e. The molecule has 22 heavy (non-hydrogen) atoms. The van der Waals surface area contributed by atoms with Gasteiger partial charge in [-0.05, 0) is 31.9 Å². The minimum Gasteiger partial charge on any atom is -0.343 e. The fraction of sp³-hybridized carbons (Fsp3) is 0.588. The highest BCUT2D eigenvalue weighted by Crippen LogP contribution is 1.99. The summed E-state index contributed by atoms with van der Waals surface area (Å²) in [6.45, 7) is 8.35. The van der Waals surface area contributed by atoms with Crippen molar-refractivity contribution in [1.82, 2.24) is 9.88 Å². The molecule has 1 aromatic rings. The molecular weight excluding hydrogens is 276 g/mol. The number of aromatic nitrogens is 1. The fourth-order valence-corrected chi connectivity index (χ4v) is 1.80. The van der Waals surface area contributed by atoms with Crippen LogP contribution in [0.3, 0.4) is 0 Å². The van der Waals surface area contributed by atoms with E-state index in [1.807, 2.05) is 24.0 Å². The number of nitrogens with zero attached hydrogens (tertiary/aromatic N) is 3. The maximum atomic E-state index is 11.5. The summed E-state index contributed by atoms with van der Waals surface area (Å²) in [7, 11) is 0. The van der Waals surface area contributed by atoms with E-state index in [4.69, 9.17) is 11.0 Å². The van der Waals surface area contributed by atoms with E-state index in [0.29, 0.717) is 18.5 Å². The van der Waals surface area contributed by atoms with E-state index in [1.165, 1.54) is 0 Å². The van der Waals surface area contributed by atoms with Gasteiger partial charge in [0.15, 0.2) is 0 Å². The zero-order valence-electron chi connectivity index (χ0n) is 14.0. The van der Waals surface area contributed by atoms with Crippen LogP contribution in [-0.2, 0) is 4.79 Å². The molecular formula is C17H28N4O. The van der Waals surface area contributed by atoms with E-state index in [-0.39, 0.29) is 5.91 Å². The Morgan fingerprint density at radius 2 is 2.05 bits per heavy atom. The number of carbonyl (C=O) groups is 1. The Bertz CT molecular complexity index is 451. The van der Waals surface area contributed by atoms with Gasteiger partial charge in [0.05, 0.1) is 5.56 Å². The van der Waals surface area contributed by atoms with Crippen LogP contribution in [0.15, 0.2) is 18.3 Å². The molecule has 0 radical (unpaired) electrons. The molecule has 0 aromatic carbocycles. The molecule has 1 amide bonds. The van der Waals surface area contributed by atoms with Gasteiger partial charge >= 0.3 is 0 Å². The highest BCUT2D eigenvalue weighted by molar-refractivity contribution is 5.76. The standard InChI is InChI=1S/C10H22N2O.C7H6N2/c1-3-5-9-12(8-4-2)10(13)6-7-11;1-6-2-3-7(4-8)5-9-6/h3-9,11H2,1-2H3;2-3,5H,1H3. The van der Waals surface area contributed by atoms with Crippen LogP contribution >= 0.6 is 0 Å². The van der Waals surface area contributed by atoms with Crippen LogP contribution in [0, 0.1) is 18.3 Å². The monoisotopic (exact) mass is 304 g/mol. The van der Waals surface area contributed by atoms with Crippen molar-refractivity contribution in [3.05, 3.63) is 29.6 Å². The van der Waals surface area contributed by atoms with Crippen molar-refractivity contribution in [1.29, 1.82) is 5.26 Å². The molecule has 0 aliphatic heterocycles. The highest BCUT2D eigenvalue weighted by Gasteiger charge is 2.09. The topological polar surface area (TPSA) is 83.0 Å². The summed E-state index contributed by atoms with van der Waals surface area (Å²) in [5.41, 5.74) is 6.90. The first-order chi connectivity index (χ1) is 10.6. The van der Waals surface area contributed by atoms with E-state index in [9.17, 15) is 4.79 Å². The molecule has 1 heterocycles. The second kappa shape index (κ2) is 12.8. The maximum absolute atomic E-state index is 11.5. The van der Waals surface area contributed by atoms with Gasteiger partial charge in [-0.1, -0.05) is 20.3 Å². The summed E-state index contributed by atoms with van der Waals surface area (Å²) in [5.74, 6) is 0.206. The molecule has 0 atom stereocenters. The van der Waals surface area contributed by atoms with Crippen molar-refractivity contribution in [3.63, 3.8) is 0 Å². The van der Waals surface area contributed by atoms with Gasteiger partial charge in [-0.3, -0.25) is 9.78 Å². The molecule has 0 aliphatic rings. The molecule has 0 unspecified atom stereocenters. The Labute approximate surface area is 134 Å². The fourth-order valence-electron chi connectivity index (χ4n) is 1.80. The quantitative estimate of drug-likeness (QED) is 0.839. The summed E-state index contributed by atoms with van der Waals surface area (Å²) in [6.07, 6.45) is 5.31. The minimum atomic E-state index is 0.206. The predicted octanol–water partition coefficient (Wildman–Crippen LogP) is 2.64. The Balaban J connectivity index is 0.000000425. The zero-order valence-corrected chi connectivity index (χ0v) is 14.0. The molecule has 0 fully saturated rings. The first kappa shape index (κ1) is 20.1. The molecule has 2 N–H and O–H groups in total. The first-order valence-electron chi connectivity index (χ1n) is 7.89. The number of aryl methyl sites for hydroxylation is 1. The lowest BCUT2D eigenvalue weighted by atomic mass is 10.2. The summed E-state index contributed by atoms with van der Waals surface area (Å²) in [4.78, 5) is 17.3. The molecule has 0 saturated heterocycles. The van der Waals surface area contributed by atoms with Crippen molar-refractivity contribution in [2.75, 3.05) is 19.6 Å². The van der Waals surface area contributed by atoms with Crippen LogP contribution in [0.1, 0.15) is 50.8 Å². The Morgan fingerprint density at radius 3 is 2.50 bits per heavy atom. The summed E-state index contributed by atoms with van der Waals surface area (Å²) < 4.78 is 0. The highest BCUT2D eigenvalue weighted by atomic mass is 16.2. The predicted molar refractivity (Wildman–Crippen MR) is 89.1 cm³/mol. The van der Waals surface area contributed by atoms with Crippen LogP contribution < -0.4 is 5.73 Å². The molecule has 1 aromatic heterocycles. The third-order valence-corrected chi connectivity index (χ3v) is 3.03. The third-order valence-electron chi connectivity index (χ3n) is 3.03. The Hall–Kier alpha value is -1.93. The Kier molecular flexibility index (Phi) is 11.7. The molecule has 0 bridgehead atoms. The number of amides is 1. The van der Waals surface area contributed by atoms with E-state index >= 15 is 0 Å². The van der Waals surface area contributed by atoms with Gasteiger partial charge in [0.2, 0.25) is 5.91 Å². The van der Waals surface area contributed by atoms with Crippen LogP contribution in [-0.4, -0.2) is 35.4 Å². The van der Waals surface area contributed by atoms with Crippen molar-refractivity contribution in [3.8, 4) is 6.07 Å². The molecule has 0 saturated carbocycles. The van der Waals surface area contributed by atoms with E-state index in [1.54, 1.807) is 12.3 Å². The van der Waals surface area contributed by atoms with Crippen LogP contribution in [0.4, 0.5) is 0 Å². The summed E-state index contributed by atoms with van der Waals surface area (Å²) >= 11 is 0. The number of nitrogens with two attached hydrogens (primary N) is 1. The normalized spacial score (nSPS) is 9.41. The number of unbranched alkanes of at least 4 members (excludes halogenated alkanes) is 1. The average Bonchev–Trinajstić information content (AvgIpc) is 2.53. The molecule has 0 aliphatic carbocycles. The van der Waals surface area contributed by atoms with Gasteiger partial charge < -0.3 is 10.6 Å². The number of nitriles is 1. The van der Waals surface area contributed by atoms with E-state index in [2.05, 4.69) is 18.8 Å². The zero-order chi connectivity index (χ0) is 16.8. The van der Waals surface area contributed by atoms with Gasteiger partial charge in [0.1, 0.15) is 6.07 Å². The lowest BCUT2D eigenvalue weighted by molar-refractivity contribution is -0.131. The van der Waals surface area contributed by atoms with E-state index < -0.39 is 0 Å². The maximum Gasteiger partial charge on any atom is 0.223 e. The molecule has 5 heteroatoms. The van der Waals surface area contributed by atoms with Crippen molar-refractivity contribution in [2.45, 2.75) is 46.5 Å². The molecule has 1 rings (SSSR count). The second-order valence-electron chi connectivity index (χ2n) is 5.07. The first-order valence-corrected chi connectivity index (χ1v) is 7.89. The number of hydrogen-bond acceptors (Lipinski definition) is 4. The number of carbonyl (C=O) groups excluding carboxylic acids is 1. The summed E-state index contributed by atoms with van der Waals surface area (Å²) in [6, 6.07) is 5.56. The van der Waals surface area contributed by atoms with Crippen LogP contribution in [0.2, 0.25) is 0 Å². The van der Waals surface area contributed by atoms with Gasteiger partial charge in [-0.2, -0.15) is 5.26 Å². The molecule has 0 spiro atoms. The van der Waals surface area contributed by atoms with Gasteiger partial charge in [0, 0.05) is 37.9 Å². The molecule has 122 valence electrons. The summed E-state index contributed by atoms with van der Waals surface area (Å²) in [5, 5.41) is 8.34. The number of hydrogen-bond donors (Lipinski definition) is 1. The van der Waals surface area contributed by atoms with E-state index in [0.717, 1.165) is 38.0 Å². The largest absolute Gasteiger partial charge is 0.343 e. The second-order valence-corrected chi connectivity index (χ2v) is 5.07. The van der Waals surface area contributed by atoms with Crippen molar-refractivity contribution < 1.29 is 4.79 Å². The number of rotatable bonds is 7. The van der Waals surface area contributed by atoms with Gasteiger partial charge in [-0.25, -0.2) is 0 Å².